The third kappa shape index (κ3) is 6.41. The maximum atomic E-state index is 4.85. The molecule has 3 heterocycles. The van der Waals surface area contributed by atoms with Crippen molar-refractivity contribution in [2.75, 3.05) is 55.6 Å². The Bertz CT molecular complexity index is 756. The van der Waals surface area contributed by atoms with Crippen LogP contribution < -0.4 is 15.1 Å². The first-order valence-corrected chi connectivity index (χ1v) is 10.5. The lowest BCUT2D eigenvalue weighted by atomic mass is 10.2. The van der Waals surface area contributed by atoms with Crippen molar-refractivity contribution < 1.29 is 0 Å². The first kappa shape index (κ1) is 24.1. The minimum Gasteiger partial charge on any atom is -0.357 e. The van der Waals surface area contributed by atoms with Gasteiger partial charge in [-0.1, -0.05) is 6.07 Å². The van der Waals surface area contributed by atoms with Gasteiger partial charge in [0.05, 0.1) is 6.54 Å². The number of rotatable bonds is 7. The average Bonchev–Trinajstić information content (AvgIpc) is 2.79. The monoisotopic (exact) mass is 524 g/mol. The number of piperazine rings is 1. The lowest BCUT2D eigenvalue weighted by molar-refractivity contribution is 0.370. The molecule has 1 N–H and O–H groups in total. The molecule has 0 aliphatic carbocycles. The van der Waals surface area contributed by atoms with Gasteiger partial charge in [0.1, 0.15) is 5.82 Å². The van der Waals surface area contributed by atoms with Crippen molar-refractivity contribution in [1.82, 2.24) is 25.2 Å². The Hall–Kier alpha value is -2.17. The minimum absolute atomic E-state index is 0. The molecule has 2 aromatic rings. The number of anilines is 2. The maximum absolute atomic E-state index is 4.85. The van der Waals surface area contributed by atoms with Crippen molar-refractivity contribution in [3.05, 3.63) is 42.4 Å². The molecule has 1 aliphatic heterocycles. The van der Waals surface area contributed by atoms with Crippen LogP contribution in [0.3, 0.4) is 0 Å². The minimum atomic E-state index is 0. The summed E-state index contributed by atoms with van der Waals surface area (Å²) in [7, 11) is 0. The van der Waals surface area contributed by atoms with Crippen LogP contribution >= 0.6 is 24.0 Å². The smallest absolute Gasteiger partial charge is 0.225 e. The van der Waals surface area contributed by atoms with Crippen LogP contribution in [0.4, 0.5) is 11.8 Å². The fourth-order valence-electron chi connectivity index (χ4n) is 3.41. The zero-order valence-corrected chi connectivity index (χ0v) is 20.5. The number of nitrogens with one attached hydrogen (secondary N) is 1. The van der Waals surface area contributed by atoms with Gasteiger partial charge in [0.2, 0.25) is 5.95 Å². The summed E-state index contributed by atoms with van der Waals surface area (Å²) in [6.07, 6.45) is 5.52. The Morgan fingerprint density at radius 1 is 1.03 bits per heavy atom. The highest BCUT2D eigenvalue weighted by Gasteiger charge is 2.21. The van der Waals surface area contributed by atoms with E-state index in [2.05, 4.69) is 67.9 Å². The number of nitrogens with zero attached hydrogens (tertiary/aromatic N) is 7. The van der Waals surface area contributed by atoms with E-state index in [-0.39, 0.29) is 24.0 Å². The number of aliphatic imine (C=N–C) groups is 1. The Kier molecular flexibility index (Phi) is 10.0. The lowest BCUT2D eigenvalue weighted by Gasteiger charge is -2.36. The van der Waals surface area contributed by atoms with E-state index < -0.39 is 0 Å². The topological polar surface area (TPSA) is 72.8 Å². The molecule has 2 aromatic heterocycles. The molecule has 164 valence electrons. The van der Waals surface area contributed by atoms with Crippen molar-refractivity contribution in [3.63, 3.8) is 0 Å². The van der Waals surface area contributed by atoms with E-state index in [1.165, 1.54) is 0 Å². The van der Waals surface area contributed by atoms with E-state index in [0.717, 1.165) is 69.1 Å². The van der Waals surface area contributed by atoms with Crippen LogP contribution in [-0.4, -0.2) is 71.6 Å². The molecule has 0 bridgehead atoms. The van der Waals surface area contributed by atoms with Crippen molar-refractivity contribution in [3.8, 4) is 0 Å². The van der Waals surface area contributed by atoms with E-state index in [0.29, 0.717) is 6.54 Å². The largest absolute Gasteiger partial charge is 0.357 e. The summed E-state index contributed by atoms with van der Waals surface area (Å²) < 4.78 is 0. The van der Waals surface area contributed by atoms with E-state index in [1.54, 1.807) is 12.4 Å². The van der Waals surface area contributed by atoms with Gasteiger partial charge in [-0.15, -0.1) is 24.0 Å². The molecule has 0 aromatic carbocycles. The first-order chi connectivity index (χ1) is 14.2. The van der Waals surface area contributed by atoms with Gasteiger partial charge in [0, 0.05) is 64.4 Å². The van der Waals surface area contributed by atoms with Crippen LogP contribution in [0.25, 0.3) is 0 Å². The third-order valence-corrected chi connectivity index (χ3v) is 5.06. The zero-order valence-electron chi connectivity index (χ0n) is 18.2. The number of hydrogen-bond donors (Lipinski definition) is 1. The summed E-state index contributed by atoms with van der Waals surface area (Å²) in [5, 5.41) is 3.42. The van der Waals surface area contributed by atoms with E-state index in [9.17, 15) is 0 Å². The Morgan fingerprint density at radius 2 is 1.73 bits per heavy atom. The molecule has 1 aliphatic rings. The van der Waals surface area contributed by atoms with E-state index in [1.807, 2.05) is 12.3 Å². The predicted octanol–water partition coefficient (Wildman–Crippen LogP) is 2.62. The second-order valence-electron chi connectivity index (χ2n) is 6.89. The highest BCUT2D eigenvalue weighted by Crippen LogP contribution is 2.13. The Labute approximate surface area is 196 Å². The summed E-state index contributed by atoms with van der Waals surface area (Å²) in [5.74, 6) is 2.77. The second kappa shape index (κ2) is 12.5. The fraction of sp³-hybridized carbons (Fsp3) is 0.524. The van der Waals surface area contributed by atoms with Crippen LogP contribution in [0.15, 0.2) is 41.8 Å². The molecular formula is C21H33IN8. The average molecular weight is 524 g/mol. The number of pyridine rings is 1. The van der Waals surface area contributed by atoms with Gasteiger partial charge in [0.15, 0.2) is 5.96 Å². The number of guanidine groups is 1. The lowest BCUT2D eigenvalue weighted by Crippen LogP contribution is -2.52. The van der Waals surface area contributed by atoms with Gasteiger partial charge in [0.25, 0.3) is 0 Å². The third-order valence-electron chi connectivity index (χ3n) is 5.06. The molecule has 8 nitrogen and oxygen atoms in total. The molecule has 3 rings (SSSR count). The quantitative estimate of drug-likeness (QED) is 0.339. The van der Waals surface area contributed by atoms with Crippen molar-refractivity contribution in [2.45, 2.75) is 27.3 Å². The van der Waals surface area contributed by atoms with Gasteiger partial charge < -0.3 is 20.0 Å². The Morgan fingerprint density at radius 3 is 2.30 bits per heavy atom. The summed E-state index contributed by atoms with van der Waals surface area (Å²) >= 11 is 0. The van der Waals surface area contributed by atoms with E-state index >= 15 is 0 Å². The summed E-state index contributed by atoms with van der Waals surface area (Å²) in [5.41, 5.74) is 1.12. The molecule has 0 amide bonds. The van der Waals surface area contributed by atoms with Crippen molar-refractivity contribution >= 4 is 41.7 Å². The van der Waals surface area contributed by atoms with Crippen LogP contribution in [0.5, 0.6) is 0 Å². The molecule has 1 fully saturated rings. The van der Waals surface area contributed by atoms with Crippen LogP contribution in [0, 0.1) is 0 Å². The fourth-order valence-corrected chi connectivity index (χ4v) is 3.41. The molecular weight excluding hydrogens is 491 g/mol. The predicted molar refractivity (Wildman–Crippen MR) is 134 cm³/mol. The van der Waals surface area contributed by atoms with E-state index in [4.69, 9.17) is 4.99 Å². The highest BCUT2D eigenvalue weighted by molar-refractivity contribution is 14.0. The van der Waals surface area contributed by atoms with Gasteiger partial charge in [-0.05, 0) is 38.5 Å². The molecule has 0 atom stereocenters. The molecule has 0 spiro atoms. The SMILES string of the molecule is CCNC(=NCc1ccc(N(CC)CC)nc1)N1CCN(c2ncccn2)CC1.I. The molecule has 0 radical (unpaired) electrons. The van der Waals surface area contributed by atoms with Gasteiger partial charge >= 0.3 is 0 Å². The molecule has 1 saturated heterocycles. The second-order valence-corrected chi connectivity index (χ2v) is 6.89. The molecule has 30 heavy (non-hydrogen) atoms. The maximum Gasteiger partial charge on any atom is 0.225 e. The van der Waals surface area contributed by atoms with Crippen LogP contribution in [-0.2, 0) is 6.54 Å². The normalized spacial score (nSPS) is 14.3. The zero-order chi connectivity index (χ0) is 20.5. The van der Waals surface area contributed by atoms with Crippen LogP contribution in [0.1, 0.15) is 26.3 Å². The number of hydrogen-bond acceptors (Lipinski definition) is 6. The van der Waals surface area contributed by atoms with Crippen molar-refractivity contribution in [1.29, 1.82) is 0 Å². The highest BCUT2D eigenvalue weighted by atomic mass is 127. The number of halogens is 1. The first-order valence-electron chi connectivity index (χ1n) is 10.5. The Balaban J connectivity index is 0.00000320. The van der Waals surface area contributed by atoms with Crippen LogP contribution in [0.2, 0.25) is 0 Å². The standard InChI is InChI=1S/C21H32N8.HI/c1-4-22-20(26-17-18-8-9-19(25-16-18)27(5-2)6-3)28-12-14-29(15-13-28)21-23-10-7-11-24-21;/h7-11,16H,4-6,12-15,17H2,1-3H3,(H,22,26);1H. The number of aromatic nitrogens is 3. The van der Waals surface area contributed by atoms with Gasteiger partial charge in [-0.3, -0.25) is 0 Å². The molecule has 0 saturated carbocycles. The summed E-state index contributed by atoms with van der Waals surface area (Å²) in [4.78, 5) is 24.9. The summed E-state index contributed by atoms with van der Waals surface area (Å²) in [6.45, 7) is 13.3. The van der Waals surface area contributed by atoms with Gasteiger partial charge in [-0.2, -0.15) is 0 Å². The van der Waals surface area contributed by atoms with Crippen molar-refractivity contribution in [2.24, 2.45) is 4.99 Å². The summed E-state index contributed by atoms with van der Waals surface area (Å²) in [6, 6.07) is 6.06. The van der Waals surface area contributed by atoms with Gasteiger partial charge in [-0.25, -0.2) is 19.9 Å². The molecule has 0 unspecified atom stereocenters. The molecule has 9 heteroatoms.